The maximum Gasteiger partial charge on any atom is 0.410 e. The van der Waals surface area contributed by atoms with Crippen LogP contribution in [0.25, 0.3) is 0 Å². The van der Waals surface area contributed by atoms with E-state index in [9.17, 15) is 48.6 Å². The van der Waals surface area contributed by atoms with Crippen LogP contribution in [0.15, 0.2) is 72.8 Å². The number of hydrogen-bond donors (Lipinski definition) is 4. The molecule has 2 atom stereocenters. The molecule has 0 saturated carbocycles. The molecule has 8 aliphatic rings. The lowest BCUT2D eigenvalue weighted by molar-refractivity contribution is -0.145. The van der Waals surface area contributed by atoms with E-state index in [1.54, 1.807) is 9.80 Å². The van der Waals surface area contributed by atoms with Crippen LogP contribution in [-0.2, 0) is 63.8 Å². The number of para-hydroxylation sites is 2. The van der Waals surface area contributed by atoms with Gasteiger partial charge in [-0.3, -0.25) is 19.2 Å². The average Bonchev–Trinajstić information content (AvgIpc) is 1.29. The van der Waals surface area contributed by atoms with Crippen molar-refractivity contribution >= 4 is 59.4 Å². The van der Waals surface area contributed by atoms with Gasteiger partial charge < -0.3 is 79.0 Å². The molecule has 8 aliphatic heterocycles. The second-order valence-corrected chi connectivity index (χ2v) is 32.0. The van der Waals surface area contributed by atoms with Crippen molar-refractivity contribution in [1.82, 2.24) is 39.2 Å². The van der Waals surface area contributed by atoms with Crippen molar-refractivity contribution in [3.63, 3.8) is 0 Å². The number of aromatic hydroxyl groups is 2. The van der Waals surface area contributed by atoms with Crippen LogP contribution in [0.1, 0.15) is 187 Å². The van der Waals surface area contributed by atoms with Gasteiger partial charge in [0.1, 0.15) is 11.5 Å². The Labute approximate surface area is 651 Å². The number of anilines is 2. The summed E-state index contributed by atoms with van der Waals surface area (Å²) in [6, 6.07) is 23.8. The molecule has 110 heavy (non-hydrogen) atoms. The zero-order chi connectivity index (χ0) is 77.8. The van der Waals surface area contributed by atoms with Crippen LogP contribution in [0, 0.1) is 39.5 Å². The Morgan fingerprint density at radius 1 is 0.445 bits per heavy atom. The molecular weight excluding hydrogens is 1400 g/mol. The molecule has 6 fully saturated rings. The number of phenolic OH excluding ortho intramolecular Hbond substituents is 2. The first kappa shape index (κ1) is 82.3. The van der Waals surface area contributed by atoms with E-state index in [4.69, 9.17) is 18.9 Å². The molecule has 0 spiro atoms. The summed E-state index contributed by atoms with van der Waals surface area (Å²) in [6.45, 7) is 21.7. The Balaban J connectivity index is 0.000000219. The van der Waals surface area contributed by atoms with Crippen LogP contribution < -0.4 is 10.6 Å². The third kappa shape index (κ3) is 22.4. The van der Waals surface area contributed by atoms with E-state index in [1.807, 2.05) is 127 Å². The summed E-state index contributed by atoms with van der Waals surface area (Å²) in [5.41, 5.74) is 8.46. The van der Waals surface area contributed by atoms with E-state index in [-0.39, 0.29) is 72.2 Å². The zero-order valence-electron chi connectivity index (χ0n) is 66.2. The molecule has 0 bridgehead atoms. The van der Waals surface area contributed by atoms with Gasteiger partial charge in [0.05, 0.1) is 13.2 Å². The molecule has 24 heteroatoms. The average molecular weight is 1520 g/mol. The largest absolute Gasteiger partial charge is 0.507 e. The van der Waals surface area contributed by atoms with Crippen LogP contribution in [0.2, 0.25) is 0 Å². The number of ether oxygens (including phenoxy) is 4. The monoisotopic (exact) mass is 1520 g/mol. The molecule has 0 unspecified atom stereocenters. The molecule has 24 nitrogen and oxygen atoms in total. The van der Waals surface area contributed by atoms with Crippen LogP contribution in [0.3, 0.4) is 0 Å². The summed E-state index contributed by atoms with van der Waals surface area (Å²) < 4.78 is 22.7. The van der Waals surface area contributed by atoms with E-state index >= 15 is 0 Å². The summed E-state index contributed by atoms with van der Waals surface area (Å²) in [4.78, 5) is 122. The van der Waals surface area contributed by atoms with Gasteiger partial charge in [-0.25, -0.2) is 19.2 Å². The highest BCUT2D eigenvalue weighted by atomic mass is 16.6. The molecule has 8 amide bonds. The summed E-state index contributed by atoms with van der Waals surface area (Å²) in [5.74, 6) is 0.981. The Hall–Kier alpha value is -8.64. The molecule has 4 aromatic rings. The number of likely N-dealkylation sites (tertiary alicyclic amines) is 6. The van der Waals surface area contributed by atoms with Gasteiger partial charge in [0.25, 0.3) is 11.8 Å². The number of urea groups is 2. The summed E-state index contributed by atoms with van der Waals surface area (Å²) in [6.07, 6.45) is 16.4. The van der Waals surface area contributed by atoms with Crippen LogP contribution in [0.5, 0.6) is 11.5 Å². The minimum Gasteiger partial charge on any atom is -0.507 e. The summed E-state index contributed by atoms with van der Waals surface area (Å²) in [5, 5.41) is 26.9. The molecule has 4 N–H and O–H groups in total. The van der Waals surface area contributed by atoms with Crippen molar-refractivity contribution in [2.45, 2.75) is 232 Å². The second-order valence-electron chi connectivity index (χ2n) is 32.0. The molecule has 12 rings (SSSR count). The van der Waals surface area contributed by atoms with Crippen molar-refractivity contribution in [3.8, 4) is 11.5 Å². The van der Waals surface area contributed by atoms with E-state index in [0.717, 1.165) is 150 Å². The number of aryl methyl sites for hydroxylation is 4. The van der Waals surface area contributed by atoms with Crippen molar-refractivity contribution in [1.29, 1.82) is 0 Å². The summed E-state index contributed by atoms with van der Waals surface area (Å²) in [7, 11) is 0. The number of piperidine rings is 6. The Morgan fingerprint density at radius 3 is 1.19 bits per heavy atom. The fraction of sp³-hybridized carbons (Fsp3) is 0.628. The van der Waals surface area contributed by atoms with Crippen LogP contribution >= 0.6 is 0 Å². The number of nitrogens with zero attached hydrogens (tertiary/aromatic N) is 8. The minimum absolute atomic E-state index is 0.00419. The molecule has 4 aromatic carbocycles. The van der Waals surface area contributed by atoms with E-state index in [0.29, 0.717) is 163 Å². The third-order valence-corrected chi connectivity index (χ3v) is 24.6. The molecule has 0 radical (unpaired) electrons. The first-order chi connectivity index (χ1) is 53.2. The fourth-order valence-corrected chi connectivity index (χ4v) is 17.9. The van der Waals surface area contributed by atoms with Gasteiger partial charge in [-0.15, -0.1) is 0 Å². The Bertz CT molecular complexity index is 3720. The SMILES string of the molecule is CCCCCCOC(=O)CCC1CCN(C2CCN(C(=O)[C@@H](Cc3cc(C)c(O)c(C)c3)OC(=O)N3CCC(N4CCc5ccccc5NC4=O)CC3)CC2)CC1.CCOC(=O)CCC1CCN(C2CCN(C(=O)[C@@H](Cc3cc(C)c(O)c(C)c3)OC(=O)N3CCC(N4CCc5ccccc5NC4=O)CC3)CC2)CC1. The number of rotatable bonds is 24. The molecule has 0 aliphatic carbocycles. The number of esters is 2. The summed E-state index contributed by atoms with van der Waals surface area (Å²) >= 11 is 0. The molecule has 8 heterocycles. The highest BCUT2D eigenvalue weighted by Gasteiger charge is 2.40. The van der Waals surface area contributed by atoms with Gasteiger partial charge in [0.2, 0.25) is 0 Å². The number of carbonyl (C=O) groups excluding carboxylic acids is 8. The number of fused-ring (bicyclic) bond motifs is 2. The lowest BCUT2D eigenvalue weighted by Gasteiger charge is -2.42. The van der Waals surface area contributed by atoms with Crippen LogP contribution in [-0.4, -0.2) is 239 Å². The highest BCUT2D eigenvalue weighted by molar-refractivity contribution is 5.92. The number of carbonyl (C=O) groups is 8. The highest BCUT2D eigenvalue weighted by Crippen LogP contribution is 2.34. The van der Waals surface area contributed by atoms with E-state index < -0.39 is 24.4 Å². The molecule has 6 saturated heterocycles. The Kier molecular flexibility index (Phi) is 29.9. The van der Waals surface area contributed by atoms with Gasteiger partial charge in [-0.05, 0) is 238 Å². The van der Waals surface area contributed by atoms with Crippen molar-refractivity contribution in [2.24, 2.45) is 11.8 Å². The maximum atomic E-state index is 14.2. The number of amides is 8. The van der Waals surface area contributed by atoms with E-state index in [2.05, 4.69) is 27.4 Å². The van der Waals surface area contributed by atoms with E-state index in [1.165, 1.54) is 12.8 Å². The Morgan fingerprint density at radius 2 is 0.809 bits per heavy atom. The standard InChI is InChI=1S/C45H65N5O7.C41H57N5O7/c1-4-5-6-9-28-56-41(51)13-12-34-14-21-47(22-15-34)37-17-23-48(24-18-37)43(53)40(31-35-29-32(2)42(52)33(3)30-35)57-45(55)49-25-19-38(20-26-49)50-27-16-36-10-7-8-11-39(36)46-44(50)54;1-4-52-37(47)10-9-30-11-18-43(19-12-30)33-14-20-44(21-15-33)39(49)36(27-31-25-28(2)38(48)29(3)26-31)53-41(51)45-22-16-34(17-23-45)46-24-13-32-7-5-6-8-35(32)42-40(46)50/h7-8,10-11,29-30,34,37-38,40,52H,4-6,9,12-28,31H2,1-3H3,(H,46,54);5-8,25-26,30,33-34,36,48H,4,9-24,27H2,1-3H3,(H,42,50)/t40-;36-/m11/s1. The number of nitrogens with one attached hydrogen (secondary N) is 2. The fourth-order valence-electron chi connectivity index (χ4n) is 17.9. The molecule has 0 aromatic heterocycles. The lowest BCUT2D eigenvalue weighted by Crippen LogP contribution is -2.53. The number of hydrogen-bond acceptors (Lipinski definition) is 16. The normalized spacial score (nSPS) is 19.7. The smallest absolute Gasteiger partial charge is 0.410 e. The third-order valence-electron chi connectivity index (χ3n) is 24.6. The van der Waals surface area contributed by atoms with Gasteiger partial charge in [-0.2, -0.15) is 0 Å². The first-order valence-corrected chi connectivity index (χ1v) is 41.4. The molecule has 600 valence electrons. The zero-order valence-corrected chi connectivity index (χ0v) is 66.2. The predicted octanol–water partition coefficient (Wildman–Crippen LogP) is 12.9. The van der Waals surface area contributed by atoms with Gasteiger partial charge in [0, 0.05) is 127 Å². The van der Waals surface area contributed by atoms with Crippen molar-refractivity contribution < 1.29 is 67.5 Å². The predicted molar refractivity (Wildman–Crippen MR) is 422 cm³/mol. The van der Waals surface area contributed by atoms with Gasteiger partial charge >= 0.3 is 36.2 Å². The van der Waals surface area contributed by atoms with Gasteiger partial charge in [0.15, 0.2) is 12.2 Å². The maximum absolute atomic E-state index is 14.2. The second kappa shape index (κ2) is 40.0. The van der Waals surface area contributed by atoms with Crippen molar-refractivity contribution in [2.75, 3.05) is 115 Å². The number of unbranched alkanes of at least 4 members (excludes halogenated alkanes) is 3. The molecular formula is C86H122N10O14. The lowest BCUT2D eigenvalue weighted by atomic mass is 9.90. The number of benzene rings is 4. The number of phenols is 2. The minimum atomic E-state index is -0.996. The van der Waals surface area contributed by atoms with Crippen LogP contribution in [0.4, 0.5) is 30.6 Å². The topological polar surface area (TPSA) is 264 Å². The quantitative estimate of drug-likeness (QED) is 0.0289. The van der Waals surface area contributed by atoms with Crippen molar-refractivity contribution in [3.05, 3.63) is 117 Å². The van der Waals surface area contributed by atoms with Gasteiger partial charge in [-0.1, -0.05) is 86.8 Å². The first-order valence-electron chi connectivity index (χ1n) is 41.4.